The molecule has 1 saturated heterocycles. The molecule has 7 heteroatoms. The number of piperidine rings is 1. The van der Waals surface area contributed by atoms with Crippen molar-refractivity contribution in [2.45, 2.75) is 26.2 Å². The van der Waals surface area contributed by atoms with Gasteiger partial charge in [-0.15, -0.1) is 0 Å². The van der Waals surface area contributed by atoms with E-state index in [2.05, 4.69) is 20.6 Å². The monoisotopic (exact) mass is 339 g/mol. The van der Waals surface area contributed by atoms with Crippen molar-refractivity contribution in [3.8, 4) is 17.3 Å². The molecule has 25 heavy (non-hydrogen) atoms. The van der Waals surface area contributed by atoms with Crippen LogP contribution >= 0.6 is 0 Å². The summed E-state index contributed by atoms with van der Waals surface area (Å²) in [6.45, 7) is 4.10. The molecule has 3 heterocycles. The Morgan fingerprint density at radius 3 is 2.76 bits per heavy atom. The van der Waals surface area contributed by atoms with Crippen molar-refractivity contribution in [3.63, 3.8) is 0 Å². The molecule has 0 spiro atoms. The number of hydrogen-bond acceptors (Lipinski definition) is 5. The lowest BCUT2D eigenvalue weighted by Crippen LogP contribution is -2.28. The van der Waals surface area contributed by atoms with Gasteiger partial charge in [0.25, 0.3) is 11.4 Å². The Morgan fingerprint density at radius 2 is 2.00 bits per heavy atom. The summed E-state index contributed by atoms with van der Waals surface area (Å²) in [4.78, 5) is 16.7. The van der Waals surface area contributed by atoms with E-state index in [1.165, 1.54) is 10.7 Å². The predicted molar refractivity (Wildman–Crippen MR) is 93.7 cm³/mol. The molecule has 0 atom stereocenters. The molecule has 1 aliphatic heterocycles. The second-order valence-electron chi connectivity index (χ2n) is 6.59. The van der Waals surface area contributed by atoms with Crippen molar-refractivity contribution in [1.82, 2.24) is 25.2 Å². The van der Waals surface area contributed by atoms with Crippen molar-refractivity contribution < 1.29 is 4.52 Å². The zero-order chi connectivity index (χ0) is 17.2. The summed E-state index contributed by atoms with van der Waals surface area (Å²) in [5, 5.41) is 10.5. The molecule has 0 unspecified atom stereocenters. The summed E-state index contributed by atoms with van der Waals surface area (Å²) >= 11 is 0. The van der Waals surface area contributed by atoms with Gasteiger partial charge in [0.1, 0.15) is 5.69 Å². The zero-order valence-electron chi connectivity index (χ0n) is 14.2. The quantitative estimate of drug-likeness (QED) is 0.759. The fourth-order valence-corrected chi connectivity index (χ4v) is 3.18. The first-order chi connectivity index (χ1) is 12.2. The Bertz CT molecular complexity index is 900. The third kappa shape index (κ3) is 3.41. The van der Waals surface area contributed by atoms with Crippen molar-refractivity contribution in [2.24, 2.45) is 5.92 Å². The first kappa shape index (κ1) is 15.8. The molecule has 0 bridgehead atoms. The molecule has 0 saturated carbocycles. The molecule has 0 aliphatic carbocycles. The Hall–Kier alpha value is -2.67. The topological polar surface area (TPSA) is 88.7 Å². The number of H-pyrrole nitrogens is 1. The van der Waals surface area contributed by atoms with Crippen molar-refractivity contribution >= 4 is 0 Å². The first-order valence-electron chi connectivity index (χ1n) is 8.62. The van der Waals surface area contributed by atoms with Crippen LogP contribution < -0.4 is 10.9 Å². The molecule has 1 fully saturated rings. The number of aryl methyl sites for hydroxylation is 1. The standard InChI is InChI=1S/C18H21N5O2/c1-12-2-4-14(5-3-12)23-17(24)11-15(21-23)18-20-16(22-25-18)10-13-6-8-19-9-7-13/h2-5,11,13,19,21H,6-10H2,1H3. The van der Waals surface area contributed by atoms with Crippen LogP contribution in [-0.4, -0.2) is 33.0 Å². The molecule has 3 aromatic rings. The van der Waals surface area contributed by atoms with Gasteiger partial charge in [-0.3, -0.25) is 9.89 Å². The van der Waals surface area contributed by atoms with Gasteiger partial charge in [0.05, 0.1) is 5.69 Å². The maximum Gasteiger partial charge on any atom is 0.276 e. The maximum absolute atomic E-state index is 12.3. The number of nitrogens with one attached hydrogen (secondary N) is 2. The molecular weight excluding hydrogens is 318 g/mol. The minimum atomic E-state index is -0.156. The van der Waals surface area contributed by atoms with E-state index >= 15 is 0 Å². The van der Waals surface area contributed by atoms with Gasteiger partial charge in [-0.25, -0.2) is 4.68 Å². The predicted octanol–water partition coefficient (Wildman–Crippen LogP) is 2.07. The summed E-state index contributed by atoms with van der Waals surface area (Å²) < 4.78 is 6.83. The lowest BCUT2D eigenvalue weighted by atomic mass is 9.94. The third-order valence-corrected chi connectivity index (χ3v) is 4.64. The minimum absolute atomic E-state index is 0.156. The van der Waals surface area contributed by atoms with Gasteiger partial charge in [-0.1, -0.05) is 22.9 Å². The largest absolute Gasteiger partial charge is 0.332 e. The Morgan fingerprint density at radius 1 is 1.24 bits per heavy atom. The van der Waals surface area contributed by atoms with Crippen LogP contribution in [0.2, 0.25) is 0 Å². The van der Waals surface area contributed by atoms with Crippen LogP contribution in [0.1, 0.15) is 24.2 Å². The van der Waals surface area contributed by atoms with E-state index in [-0.39, 0.29) is 5.56 Å². The van der Waals surface area contributed by atoms with E-state index in [1.54, 1.807) is 0 Å². The second-order valence-corrected chi connectivity index (χ2v) is 6.59. The first-order valence-corrected chi connectivity index (χ1v) is 8.62. The molecular formula is C18H21N5O2. The molecule has 130 valence electrons. The average Bonchev–Trinajstić information content (AvgIpc) is 3.23. The lowest BCUT2D eigenvalue weighted by Gasteiger charge is -2.20. The summed E-state index contributed by atoms with van der Waals surface area (Å²) in [5.41, 5.74) is 2.30. The average molecular weight is 339 g/mol. The van der Waals surface area contributed by atoms with E-state index in [9.17, 15) is 4.79 Å². The molecule has 4 rings (SSSR count). The Balaban J connectivity index is 1.55. The van der Waals surface area contributed by atoms with E-state index < -0.39 is 0 Å². The normalized spacial score (nSPS) is 15.6. The fraction of sp³-hybridized carbons (Fsp3) is 0.389. The van der Waals surface area contributed by atoms with Crippen LogP contribution in [-0.2, 0) is 6.42 Å². The van der Waals surface area contributed by atoms with Gasteiger partial charge in [0.2, 0.25) is 0 Å². The van der Waals surface area contributed by atoms with E-state index in [4.69, 9.17) is 4.52 Å². The van der Waals surface area contributed by atoms with E-state index in [1.807, 2.05) is 31.2 Å². The van der Waals surface area contributed by atoms with Gasteiger partial charge in [-0.2, -0.15) is 4.98 Å². The van der Waals surface area contributed by atoms with Gasteiger partial charge < -0.3 is 9.84 Å². The smallest absolute Gasteiger partial charge is 0.276 e. The van der Waals surface area contributed by atoms with Gasteiger partial charge in [0, 0.05) is 12.5 Å². The highest BCUT2D eigenvalue weighted by Gasteiger charge is 2.18. The van der Waals surface area contributed by atoms with Crippen LogP contribution in [0.15, 0.2) is 39.6 Å². The Kier molecular flexibility index (Phi) is 4.23. The van der Waals surface area contributed by atoms with Gasteiger partial charge in [-0.05, 0) is 50.9 Å². The third-order valence-electron chi connectivity index (χ3n) is 4.64. The minimum Gasteiger partial charge on any atom is -0.332 e. The van der Waals surface area contributed by atoms with Crippen molar-refractivity contribution in [3.05, 3.63) is 52.1 Å². The number of aromatic nitrogens is 4. The van der Waals surface area contributed by atoms with E-state index in [0.29, 0.717) is 23.3 Å². The van der Waals surface area contributed by atoms with Gasteiger partial charge >= 0.3 is 0 Å². The number of aromatic amines is 1. The molecule has 2 N–H and O–H groups in total. The molecule has 7 nitrogen and oxygen atoms in total. The fourth-order valence-electron chi connectivity index (χ4n) is 3.18. The summed E-state index contributed by atoms with van der Waals surface area (Å²) in [6.07, 6.45) is 3.07. The second kappa shape index (κ2) is 6.68. The van der Waals surface area contributed by atoms with Crippen LogP contribution in [0.4, 0.5) is 0 Å². The van der Waals surface area contributed by atoms with Crippen LogP contribution in [0.3, 0.4) is 0 Å². The molecule has 0 amide bonds. The molecule has 1 aliphatic rings. The molecule has 2 aromatic heterocycles. The zero-order valence-corrected chi connectivity index (χ0v) is 14.2. The number of nitrogens with zero attached hydrogens (tertiary/aromatic N) is 3. The number of rotatable bonds is 4. The maximum atomic E-state index is 12.3. The van der Waals surface area contributed by atoms with Crippen LogP contribution in [0.5, 0.6) is 0 Å². The van der Waals surface area contributed by atoms with E-state index in [0.717, 1.165) is 43.6 Å². The molecule has 1 aromatic carbocycles. The Labute approximate surface area is 145 Å². The molecule has 0 radical (unpaired) electrons. The highest BCUT2D eigenvalue weighted by atomic mass is 16.5. The SMILES string of the molecule is Cc1ccc(-n2[nH]c(-c3nc(CC4CCNCC4)no3)cc2=O)cc1. The number of benzene rings is 1. The van der Waals surface area contributed by atoms with Crippen LogP contribution in [0.25, 0.3) is 17.3 Å². The summed E-state index contributed by atoms with van der Waals surface area (Å²) in [6, 6.07) is 9.21. The summed E-state index contributed by atoms with van der Waals surface area (Å²) in [5.74, 6) is 1.64. The number of hydrogen-bond donors (Lipinski definition) is 2. The highest BCUT2D eigenvalue weighted by Crippen LogP contribution is 2.19. The van der Waals surface area contributed by atoms with Crippen molar-refractivity contribution in [2.75, 3.05) is 13.1 Å². The lowest BCUT2D eigenvalue weighted by molar-refractivity contribution is 0.356. The highest BCUT2D eigenvalue weighted by molar-refractivity contribution is 5.47. The van der Waals surface area contributed by atoms with Crippen molar-refractivity contribution in [1.29, 1.82) is 0 Å². The van der Waals surface area contributed by atoms with Gasteiger partial charge in [0.15, 0.2) is 5.82 Å². The van der Waals surface area contributed by atoms with Crippen LogP contribution in [0, 0.1) is 12.8 Å². The summed E-state index contributed by atoms with van der Waals surface area (Å²) in [7, 11) is 0.